The fraction of sp³-hybridized carbons (Fsp3) is 0.387. The molecule has 1 unspecified atom stereocenters. The largest absolute Gasteiger partial charge is 0.489 e. The molecule has 2 saturated heterocycles. The molecule has 200 valence electrons. The van der Waals surface area contributed by atoms with Crippen molar-refractivity contribution < 1.29 is 19.0 Å². The number of piperidine rings is 1. The lowest BCUT2D eigenvalue weighted by Crippen LogP contribution is -2.42. The van der Waals surface area contributed by atoms with Crippen LogP contribution in [0.15, 0.2) is 72.8 Å². The third-order valence-corrected chi connectivity index (χ3v) is 7.94. The van der Waals surface area contributed by atoms with Crippen molar-refractivity contribution >= 4 is 17.4 Å². The number of likely N-dealkylation sites (tertiary alicyclic amines) is 1. The number of benzene rings is 3. The minimum absolute atomic E-state index is 0.0196. The Morgan fingerprint density at radius 1 is 1.05 bits per heavy atom. The third kappa shape index (κ3) is 5.63. The van der Waals surface area contributed by atoms with Gasteiger partial charge in [-0.2, -0.15) is 0 Å². The van der Waals surface area contributed by atoms with Gasteiger partial charge in [0.05, 0.1) is 5.60 Å². The number of amides is 2. The van der Waals surface area contributed by atoms with Crippen molar-refractivity contribution in [3.05, 3.63) is 89.7 Å². The quantitative estimate of drug-likeness (QED) is 0.440. The number of ether oxygens (including phenoxy) is 1. The van der Waals surface area contributed by atoms with E-state index >= 15 is 0 Å². The molecule has 3 aromatic rings. The smallest absolute Gasteiger partial charge is 0.324 e. The van der Waals surface area contributed by atoms with E-state index in [1.54, 1.807) is 11.9 Å². The van der Waals surface area contributed by atoms with Crippen LogP contribution in [0.1, 0.15) is 43.7 Å². The first kappa shape index (κ1) is 26.0. The summed E-state index contributed by atoms with van der Waals surface area (Å²) in [6, 6.07) is 22.5. The summed E-state index contributed by atoms with van der Waals surface area (Å²) >= 11 is 0. The highest BCUT2D eigenvalue weighted by Crippen LogP contribution is 2.35. The highest BCUT2D eigenvalue weighted by molar-refractivity contribution is 5.91. The first-order chi connectivity index (χ1) is 18.3. The van der Waals surface area contributed by atoms with Gasteiger partial charge >= 0.3 is 6.03 Å². The zero-order valence-electron chi connectivity index (χ0n) is 22.1. The van der Waals surface area contributed by atoms with E-state index in [1.807, 2.05) is 65.6 Å². The van der Waals surface area contributed by atoms with Gasteiger partial charge in [-0.3, -0.25) is 4.90 Å². The standard InChI is InChI=1S/C31H36FN3O3/c1-23-7-6-16-35(23)30(36)33(2)27-12-10-24(11-13-27)22-38-29-20-26(32)19-28(21-29)34-17-14-31(37,15-18-34)25-8-4-3-5-9-25/h3-5,8-13,19-21,23,37H,6-7,14-18,22H2,1-2H3. The molecule has 2 heterocycles. The molecule has 2 aliphatic heterocycles. The Morgan fingerprint density at radius 2 is 1.76 bits per heavy atom. The minimum Gasteiger partial charge on any atom is -0.489 e. The van der Waals surface area contributed by atoms with Gasteiger partial charge in [0.15, 0.2) is 0 Å². The van der Waals surface area contributed by atoms with Crippen LogP contribution in [0.4, 0.5) is 20.6 Å². The monoisotopic (exact) mass is 517 g/mol. The van der Waals surface area contributed by atoms with Gasteiger partial charge in [0.25, 0.3) is 0 Å². The number of rotatable bonds is 6. The van der Waals surface area contributed by atoms with Gasteiger partial charge < -0.3 is 19.6 Å². The molecule has 7 heteroatoms. The third-order valence-electron chi connectivity index (χ3n) is 7.94. The summed E-state index contributed by atoms with van der Waals surface area (Å²) in [7, 11) is 1.80. The molecule has 0 bridgehead atoms. The second kappa shape index (κ2) is 11.0. The molecule has 5 rings (SSSR count). The van der Waals surface area contributed by atoms with Crippen molar-refractivity contribution in [3.8, 4) is 5.75 Å². The zero-order chi connectivity index (χ0) is 26.7. The van der Waals surface area contributed by atoms with Gasteiger partial charge in [0.1, 0.15) is 18.2 Å². The van der Waals surface area contributed by atoms with Crippen molar-refractivity contribution in [1.82, 2.24) is 4.90 Å². The molecule has 2 fully saturated rings. The molecule has 1 atom stereocenters. The second-order valence-corrected chi connectivity index (χ2v) is 10.5. The Labute approximate surface area is 224 Å². The number of carbonyl (C=O) groups excluding carboxylic acids is 1. The first-order valence-electron chi connectivity index (χ1n) is 13.4. The summed E-state index contributed by atoms with van der Waals surface area (Å²) in [4.78, 5) is 18.5. The van der Waals surface area contributed by atoms with Crippen LogP contribution in [0.2, 0.25) is 0 Å². The molecule has 0 aliphatic carbocycles. The van der Waals surface area contributed by atoms with Gasteiger partial charge in [0, 0.05) is 56.2 Å². The van der Waals surface area contributed by atoms with Crippen LogP contribution in [0.3, 0.4) is 0 Å². The summed E-state index contributed by atoms with van der Waals surface area (Å²) in [5.74, 6) is 0.108. The van der Waals surface area contributed by atoms with Crippen LogP contribution in [-0.4, -0.2) is 48.8 Å². The molecule has 2 aliphatic rings. The maximum absolute atomic E-state index is 14.5. The molecule has 0 radical (unpaired) electrons. The van der Waals surface area contributed by atoms with Crippen LogP contribution < -0.4 is 14.5 Å². The van der Waals surface area contributed by atoms with Crippen LogP contribution in [0.25, 0.3) is 0 Å². The second-order valence-electron chi connectivity index (χ2n) is 10.5. The van der Waals surface area contributed by atoms with Crippen molar-refractivity contribution in [2.75, 3.05) is 36.5 Å². The number of carbonyl (C=O) groups is 1. The van der Waals surface area contributed by atoms with Crippen LogP contribution in [-0.2, 0) is 12.2 Å². The van der Waals surface area contributed by atoms with E-state index in [1.165, 1.54) is 12.1 Å². The number of aliphatic hydroxyl groups is 1. The summed E-state index contributed by atoms with van der Waals surface area (Å²) in [6.45, 7) is 4.43. The number of anilines is 2. The van der Waals surface area contributed by atoms with E-state index in [2.05, 4.69) is 11.8 Å². The predicted molar refractivity (Wildman–Crippen MR) is 148 cm³/mol. The van der Waals surface area contributed by atoms with Gasteiger partial charge in [-0.1, -0.05) is 42.5 Å². The van der Waals surface area contributed by atoms with E-state index in [0.717, 1.165) is 41.9 Å². The topological polar surface area (TPSA) is 56.2 Å². The van der Waals surface area contributed by atoms with Gasteiger partial charge in [-0.15, -0.1) is 0 Å². The molecular weight excluding hydrogens is 481 g/mol. The lowest BCUT2D eigenvalue weighted by molar-refractivity contribution is 0.0118. The first-order valence-corrected chi connectivity index (χ1v) is 13.4. The summed E-state index contributed by atoms with van der Waals surface area (Å²) in [6.07, 6.45) is 3.24. The van der Waals surface area contributed by atoms with Crippen LogP contribution in [0, 0.1) is 5.82 Å². The molecule has 2 amide bonds. The minimum atomic E-state index is -0.859. The van der Waals surface area contributed by atoms with Crippen LogP contribution >= 0.6 is 0 Å². The SMILES string of the molecule is CC1CCCN1C(=O)N(C)c1ccc(COc2cc(F)cc(N3CCC(O)(c4ccccc4)CC3)c2)cc1. The van der Waals surface area contributed by atoms with Crippen molar-refractivity contribution in [3.63, 3.8) is 0 Å². The summed E-state index contributed by atoms with van der Waals surface area (Å²) < 4.78 is 20.5. The fourth-order valence-electron chi connectivity index (χ4n) is 5.49. The van der Waals surface area contributed by atoms with Crippen molar-refractivity contribution in [2.24, 2.45) is 0 Å². The molecular formula is C31H36FN3O3. The Morgan fingerprint density at radius 3 is 2.42 bits per heavy atom. The molecule has 3 aromatic carbocycles. The fourth-order valence-corrected chi connectivity index (χ4v) is 5.49. The molecule has 0 saturated carbocycles. The highest BCUT2D eigenvalue weighted by atomic mass is 19.1. The lowest BCUT2D eigenvalue weighted by atomic mass is 9.84. The van der Waals surface area contributed by atoms with E-state index in [4.69, 9.17) is 4.74 Å². The molecule has 38 heavy (non-hydrogen) atoms. The lowest BCUT2D eigenvalue weighted by Gasteiger charge is -2.39. The zero-order valence-corrected chi connectivity index (χ0v) is 22.1. The van der Waals surface area contributed by atoms with E-state index in [-0.39, 0.29) is 24.5 Å². The Kier molecular flexibility index (Phi) is 7.56. The Balaban J connectivity index is 1.19. The maximum Gasteiger partial charge on any atom is 0.324 e. The number of halogens is 1. The number of urea groups is 1. The molecule has 0 aromatic heterocycles. The average molecular weight is 518 g/mol. The van der Waals surface area contributed by atoms with Gasteiger partial charge in [-0.05, 0) is 61.9 Å². The number of nitrogens with zero attached hydrogens (tertiary/aromatic N) is 3. The van der Waals surface area contributed by atoms with Gasteiger partial charge in [0.2, 0.25) is 0 Å². The number of hydrogen-bond acceptors (Lipinski definition) is 4. The van der Waals surface area contributed by atoms with E-state index in [0.29, 0.717) is 31.7 Å². The number of hydrogen-bond donors (Lipinski definition) is 1. The van der Waals surface area contributed by atoms with Crippen molar-refractivity contribution in [2.45, 2.75) is 50.9 Å². The predicted octanol–water partition coefficient (Wildman–Crippen LogP) is 5.93. The van der Waals surface area contributed by atoms with E-state index < -0.39 is 5.60 Å². The van der Waals surface area contributed by atoms with Crippen LogP contribution in [0.5, 0.6) is 5.75 Å². The van der Waals surface area contributed by atoms with Crippen molar-refractivity contribution in [1.29, 1.82) is 0 Å². The average Bonchev–Trinajstić information content (AvgIpc) is 3.37. The van der Waals surface area contributed by atoms with E-state index in [9.17, 15) is 14.3 Å². The summed E-state index contributed by atoms with van der Waals surface area (Å²) in [5, 5.41) is 11.1. The van der Waals surface area contributed by atoms with Gasteiger partial charge in [-0.25, -0.2) is 9.18 Å². The Bertz CT molecular complexity index is 1240. The molecule has 1 N–H and O–H groups in total. The normalized spacial score (nSPS) is 18.9. The molecule has 6 nitrogen and oxygen atoms in total. The highest BCUT2D eigenvalue weighted by Gasteiger charge is 2.34. The Hall–Kier alpha value is -3.58. The maximum atomic E-state index is 14.5. The molecule has 0 spiro atoms. The summed E-state index contributed by atoms with van der Waals surface area (Å²) in [5.41, 5.74) is 2.58.